The van der Waals surface area contributed by atoms with Gasteiger partial charge in [-0.1, -0.05) is 26.0 Å². The van der Waals surface area contributed by atoms with Crippen molar-refractivity contribution in [2.24, 2.45) is 5.92 Å². The summed E-state index contributed by atoms with van der Waals surface area (Å²) in [4.78, 5) is 39.0. The van der Waals surface area contributed by atoms with E-state index in [1.54, 1.807) is 18.9 Å². The molecule has 1 heterocycles. The van der Waals surface area contributed by atoms with Gasteiger partial charge >= 0.3 is 5.97 Å². The first-order valence-corrected chi connectivity index (χ1v) is 9.71. The summed E-state index contributed by atoms with van der Waals surface area (Å²) in [6.45, 7) is 6.62. The van der Waals surface area contributed by atoms with Gasteiger partial charge in [0.05, 0.1) is 12.5 Å². The summed E-state index contributed by atoms with van der Waals surface area (Å²) in [5.41, 5.74) is 1.13. The van der Waals surface area contributed by atoms with Gasteiger partial charge in [0.2, 0.25) is 5.91 Å². The molecular weight excluding hydrogens is 360 g/mol. The maximum absolute atomic E-state index is 12.6. The molecule has 1 saturated heterocycles. The molecule has 0 spiro atoms. The highest BCUT2D eigenvalue weighted by Gasteiger charge is 2.29. The van der Waals surface area contributed by atoms with Crippen LogP contribution in [0.25, 0.3) is 0 Å². The van der Waals surface area contributed by atoms with Crippen LogP contribution in [-0.2, 0) is 14.4 Å². The first-order valence-electron chi connectivity index (χ1n) is 9.71. The van der Waals surface area contributed by atoms with Gasteiger partial charge in [0.15, 0.2) is 6.10 Å². The third-order valence-corrected chi connectivity index (χ3v) is 5.13. The number of carbonyl (C=O) groups excluding carboxylic acids is 2. The third kappa shape index (κ3) is 5.71. The lowest BCUT2D eigenvalue weighted by Gasteiger charge is -2.31. The first-order chi connectivity index (χ1) is 13.2. The summed E-state index contributed by atoms with van der Waals surface area (Å²) >= 11 is 0. The maximum Gasteiger partial charge on any atom is 0.306 e. The lowest BCUT2D eigenvalue weighted by molar-refractivity contribution is -0.147. The van der Waals surface area contributed by atoms with Crippen LogP contribution < -0.4 is 4.74 Å². The fourth-order valence-electron chi connectivity index (χ4n) is 3.27. The second kappa shape index (κ2) is 9.57. The molecule has 0 bridgehead atoms. The minimum Gasteiger partial charge on any atom is -0.481 e. The van der Waals surface area contributed by atoms with Crippen LogP contribution in [0.2, 0.25) is 0 Å². The number of ether oxygens (including phenoxy) is 1. The van der Waals surface area contributed by atoms with Gasteiger partial charge in [-0.15, -0.1) is 0 Å². The minimum absolute atomic E-state index is 0.0453. The number of nitrogens with zero attached hydrogens (tertiary/aromatic N) is 2. The molecule has 1 aliphatic rings. The number of likely N-dealkylation sites (N-methyl/N-ethyl adjacent to an activating group) is 1. The number of piperidine rings is 1. The number of amides is 2. The van der Waals surface area contributed by atoms with Gasteiger partial charge in [-0.05, 0) is 43.4 Å². The Bertz CT molecular complexity index is 711. The normalized spacial score (nSPS) is 16.0. The molecule has 1 fully saturated rings. The first kappa shape index (κ1) is 21.7. The number of benzene rings is 1. The Kier molecular flexibility index (Phi) is 7.43. The Morgan fingerprint density at radius 2 is 1.86 bits per heavy atom. The SMILES string of the molecule is CC(Oc1cccc(C(C)C)c1)C(=O)N(C)CC(=O)N1CCC(C(=O)O)CC1. The maximum atomic E-state index is 12.6. The van der Waals surface area contributed by atoms with E-state index in [1.165, 1.54) is 4.90 Å². The smallest absolute Gasteiger partial charge is 0.306 e. The van der Waals surface area contributed by atoms with Gasteiger partial charge in [0, 0.05) is 20.1 Å². The molecule has 1 aromatic carbocycles. The standard InChI is InChI=1S/C21H30N2O5/c1-14(2)17-6-5-7-18(12-17)28-15(3)20(25)22(4)13-19(24)23-10-8-16(9-11-23)21(26)27/h5-7,12,14-16H,8-11,13H2,1-4H3,(H,26,27). The van der Waals surface area contributed by atoms with Crippen LogP contribution in [0.3, 0.4) is 0 Å². The second-order valence-corrected chi connectivity index (χ2v) is 7.67. The average molecular weight is 390 g/mol. The van der Waals surface area contributed by atoms with E-state index in [-0.39, 0.29) is 18.4 Å². The van der Waals surface area contributed by atoms with Gasteiger partial charge < -0.3 is 19.6 Å². The van der Waals surface area contributed by atoms with Crippen molar-refractivity contribution in [3.63, 3.8) is 0 Å². The topological polar surface area (TPSA) is 87.2 Å². The van der Waals surface area contributed by atoms with Crippen molar-refractivity contribution in [1.29, 1.82) is 0 Å². The summed E-state index contributed by atoms with van der Waals surface area (Å²) in [5.74, 6) is -0.662. The molecule has 7 heteroatoms. The largest absolute Gasteiger partial charge is 0.481 e. The molecule has 0 aliphatic carbocycles. The molecule has 1 aliphatic heterocycles. The van der Waals surface area contributed by atoms with Gasteiger partial charge in [-0.3, -0.25) is 14.4 Å². The van der Waals surface area contributed by atoms with Crippen LogP contribution in [0.15, 0.2) is 24.3 Å². The zero-order chi connectivity index (χ0) is 20.8. The number of carboxylic acids is 1. The summed E-state index contributed by atoms with van der Waals surface area (Å²) in [6.07, 6.45) is 0.187. The Hall–Kier alpha value is -2.57. The van der Waals surface area contributed by atoms with Crippen molar-refractivity contribution < 1.29 is 24.2 Å². The molecule has 0 saturated carbocycles. The van der Waals surface area contributed by atoms with E-state index in [9.17, 15) is 14.4 Å². The molecule has 154 valence electrons. The van der Waals surface area contributed by atoms with Crippen molar-refractivity contribution >= 4 is 17.8 Å². The quantitative estimate of drug-likeness (QED) is 0.772. The van der Waals surface area contributed by atoms with Crippen LogP contribution in [0.4, 0.5) is 0 Å². The molecule has 2 amide bonds. The van der Waals surface area contributed by atoms with Crippen molar-refractivity contribution in [3.8, 4) is 5.75 Å². The van der Waals surface area contributed by atoms with Crippen molar-refractivity contribution in [2.45, 2.75) is 45.6 Å². The zero-order valence-corrected chi connectivity index (χ0v) is 17.1. The highest BCUT2D eigenvalue weighted by molar-refractivity contribution is 5.87. The fraction of sp³-hybridized carbons (Fsp3) is 0.571. The van der Waals surface area contributed by atoms with E-state index in [0.29, 0.717) is 37.6 Å². The number of carbonyl (C=O) groups is 3. The number of aliphatic carboxylic acids is 1. The number of likely N-dealkylation sites (tertiary alicyclic amines) is 1. The predicted octanol–water partition coefficient (Wildman–Crippen LogP) is 2.36. The van der Waals surface area contributed by atoms with Crippen molar-refractivity contribution in [3.05, 3.63) is 29.8 Å². The lowest BCUT2D eigenvalue weighted by Crippen LogP contribution is -2.47. The monoisotopic (exact) mass is 390 g/mol. The van der Waals surface area contributed by atoms with E-state index in [2.05, 4.69) is 13.8 Å². The van der Waals surface area contributed by atoms with Gasteiger partial charge in [-0.25, -0.2) is 0 Å². The van der Waals surface area contributed by atoms with E-state index < -0.39 is 18.0 Å². The van der Waals surface area contributed by atoms with Gasteiger partial charge in [0.25, 0.3) is 5.91 Å². The predicted molar refractivity (Wildman–Crippen MR) is 105 cm³/mol. The van der Waals surface area contributed by atoms with Gasteiger partial charge in [0.1, 0.15) is 5.75 Å². The van der Waals surface area contributed by atoms with E-state index >= 15 is 0 Å². The number of hydrogen-bond acceptors (Lipinski definition) is 4. The summed E-state index contributed by atoms with van der Waals surface area (Å²) in [7, 11) is 1.58. The van der Waals surface area contributed by atoms with Crippen LogP contribution in [0.5, 0.6) is 5.75 Å². The van der Waals surface area contributed by atoms with Crippen LogP contribution in [0.1, 0.15) is 45.1 Å². The molecule has 1 atom stereocenters. The molecule has 0 aromatic heterocycles. The van der Waals surface area contributed by atoms with E-state index in [4.69, 9.17) is 9.84 Å². The molecular formula is C21H30N2O5. The second-order valence-electron chi connectivity index (χ2n) is 7.67. The Labute approximate surface area is 166 Å². The third-order valence-electron chi connectivity index (χ3n) is 5.13. The Morgan fingerprint density at radius 1 is 1.21 bits per heavy atom. The summed E-state index contributed by atoms with van der Waals surface area (Å²) in [6, 6.07) is 7.65. The highest BCUT2D eigenvalue weighted by atomic mass is 16.5. The van der Waals surface area contributed by atoms with Gasteiger partial charge in [-0.2, -0.15) is 0 Å². The van der Waals surface area contributed by atoms with Crippen LogP contribution in [0, 0.1) is 5.92 Å². The number of rotatable bonds is 7. The molecule has 2 rings (SSSR count). The molecule has 0 radical (unpaired) electrons. The van der Waals surface area contributed by atoms with Crippen LogP contribution >= 0.6 is 0 Å². The van der Waals surface area contributed by atoms with E-state index in [1.807, 2.05) is 24.3 Å². The number of carboxylic acid groups (broad SMARTS) is 1. The lowest BCUT2D eigenvalue weighted by atomic mass is 9.97. The Balaban J connectivity index is 1.87. The minimum atomic E-state index is -0.813. The molecule has 1 N–H and O–H groups in total. The molecule has 28 heavy (non-hydrogen) atoms. The molecule has 1 aromatic rings. The average Bonchev–Trinajstić information content (AvgIpc) is 2.67. The zero-order valence-electron chi connectivity index (χ0n) is 17.1. The molecule has 1 unspecified atom stereocenters. The van der Waals surface area contributed by atoms with Crippen molar-refractivity contribution in [2.75, 3.05) is 26.7 Å². The summed E-state index contributed by atoms with van der Waals surface area (Å²) in [5, 5.41) is 9.04. The molecule has 7 nitrogen and oxygen atoms in total. The Morgan fingerprint density at radius 3 is 2.43 bits per heavy atom. The highest BCUT2D eigenvalue weighted by Crippen LogP contribution is 2.21. The van der Waals surface area contributed by atoms with E-state index in [0.717, 1.165) is 5.56 Å². The fourth-order valence-corrected chi connectivity index (χ4v) is 3.27. The number of hydrogen-bond donors (Lipinski definition) is 1. The van der Waals surface area contributed by atoms with Crippen molar-refractivity contribution in [1.82, 2.24) is 9.80 Å². The van der Waals surface area contributed by atoms with Crippen LogP contribution in [-0.4, -0.2) is 65.5 Å². The summed E-state index contributed by atoms with van der Waals surface area (Å²) < 4.78 is 5.77.